The Morgan fingerprint density at radius 3 is 2.43 bits per heavy atom. The van der Waals surface area contributed by atoms with Gasteiger partial charge >= 0.3 is 5.97 Å². The van der Waals surface area contributed by atoms with Gasteiger partial charge in [-0.1, -0.05) is 83.9 Å². The Bertz CT molecular complexity index is 1230. The predicted molar refractivity (Wildman–Crippen MR) is 142 cm³/mol. The van der Waals surface area contributed by atoms with Crippen LogP contribution in [0.4, 0.5) is 0 Å². The Labute approximate surface area is 223 Å². The summed E-state index contributed by atoms with van der Waals surface area (Å²) >= 11 is 16.6. The van der Waals surface area contributed by atoms with E-state index in [0.717, 1.165) is 23.1 Å². The highest BCUT2D eigenvalue weighted by atomic mass is 79.9. The first-order valence-electron chi connectivity index (χ1n) is 11.2. The van der Waals surface area contributed by atoms with E-state index in [1.165, 1.54) is 0 Å². The molecule has 4 rings (SSSR count). The van der Waals surface area contributed by atoms with Crippen molar-refractivity contribution in [2.24, 2.45) is 5.92 Å². The lowest BCUT2D eigenvalue weighted by atomic mass is 9.74. The number of aliphatic carboxylic acids is 1. The van der Waals surface area contributed by atoms with E-state index in [-0.39, 0.29) is 17.9 Å². The molecule has 3 aromatic carbocycles. The number of halogens is 3. The fourth-order valence-corrected chi connectivity index (χ4v) is 5.94. The van der Waals surface area contributed by atoms with Crippen LogP contribution < -0.4 is 4.74 Å². The number of carboxylic acid groups (broad SMARTS) is 1. The number of carboxylic acids is 1. The molecule has 0 amide bonds. The van der Waals surface area contributed by atoms with Gasteiger partial charge < -0.3 is 14.6 Å². The summed E-state index contributed by atoms with van der Waals surface area (Å²) in [7, 11) is 0. The summed E-state index contributed by atoms with van der Waals surface area (Å²) in [6.07, 6.45) is -0.0387. The third-order valence-electron chi connectivity index (χ3n) is 6.28. The third kappa shape index (κ3) is 5.75. The summed E-state index contributed by atoms with van der Waals surface area (Å²) in [4.78, 5) is 11.3. The zero-order valence-electron chi connectivity index (χ0n) is 19.1. The molecule has 4 nitrogen and oxygen atoms in total. The molecule has 1 aliphatic rings. The van der Waals surface area contributed by atoms with E-state index in [2.05, 4.69) is 22.5 Å². The van der Waals surface area contributed by atoms with Gasteiger partial charge in [0.05, 0.1) is 16.7 Å². The minimum atomic E-state index is -1.07. The van der Waals surface area contributed by atoms with E-state index in [1.54, 1.807) is 12.1 Å². The van der Waals surface area contributed by atoms with Crippen LogP contribution in [0, 0.1) is 5.92 Å². The first-order valence-corrected chi connectivity index (χ1v) is 12.7. The zero-order chi connectivity index (χ0) is 25.1. The van der Waals surface area contributed by atoms with Crippen molar-refractivity contribution < 1.29 is 19.4 Å². The molecule has 1 fully saturated rings. The minimum Gasteiger partial charge on any atom is -0.480 e. The normalized spacial score (nSPS) is 21.9. The monoisotopic (exact) mass is 574 g/mol. The van der Waals surface area contributed by atoms with Gasteiger partial charge in [0.25, 0.3) is 0 Å². The number of ether oxygens (including phenoxy) is 2. The van der Waals surface area contributed by atoms with E-state index in [9.17, 15) is 9.90 Å². The van der Waals surface area contributed by atoms with Gasteiger partial charge in [-0.25, -0.2) is 4.79 Å². The van der Waals surface area contributed by atoms with Gasteiger partial charge in [0.2, 0.25) is 0 Å². The summed E-state index contributed by atoms with van der Waals surface area (Å²) < 4.78 is 13.2. The highest BCUT2D eigenvalue weighted by Crippen LogP contribution is 2.54. The van der Waals surface area contributed by atoms with Crippen LogP contribution in [0.1, 0.15) is 48.2 Å². The van der Waals surface area contributed by atoms with Crippen molar-refractivity contribution in [3.05, 3.63) is 110 Å². The summed E-state index contributed by atoms with van der Waals surface area (Å²) in [6, 6.07) is 21.3. The molecule has 0 bridgehead atoms. The van der Waals surface area contributed by atoms with Gasteiger partial charge in [-0.05, 0) is 58.6 Å². The molecule has 1 heterocycles. The molecule has 0 saturated carbocycles. The zero-order valence-corrected chi connectivity index (χ0v) is 22.2. The number of hydrogen-bond acceptors (Lipinski definition) is 3. The molecule has 1 saturated heterocycles. The topological polar surface area (TPSA) is 55.8 Å². The molecular weight excluding hydrogens is 551 g/mol. The molecule has 1 N–H and O–H groups in total. The maximum Gasteiger partial charge on any atom is 0.341 e. The van der Waals surface area contributed by atoms with Crippen molar-refractivity contribution in [1.82, 2.24) is 0 Å². The SMILES string of the molecule is C=C(C)[C@H]1C[C@H](c2ccccc2Cl)[C@H](c2ccccc2)O[C@@H]1c1cc(Cl)cc(Br)c1OCC(=O)O. The summed E-state index contributed by atoms with van der Waals surface area (Å²) in [5.41, 5.74) is 3.66. The highest BCUT2D eigenvalue weighted by molar-refractivity contribution is 9.10. The molecule has 0 aromatic heterocycles. The van der Waals surface area contributed by atoms with Crippen LogP contribution in [0.2, 0.25) is 10.0 Å². The molecule has 1 aliphatic heterocycles. The first-order chi connectivity index (χ1) is 16.8. The number of rotatable bonds is 7. The molecule has 182 valence electrons. The van der Waals surface area contributed by atoms with Crippen LogP contribution in [0.3, 0.4) is 0 Å². The Morgan fingerprint density at radius 2 is 1.77 bits per heavy atom. The van der Waals surface area contributed by atoms with Crippen molar-refractivity contribution in [2.75, 3.05) is 6.61 Å². The lowest BCUT2D eigenvalue weighted by Crippen LogP contribution is -2.32. The van der Waals surface area contributed by atoms with E-state index in [1.807, 2.05) is 61.5 Å². The van der Waals surface area contributed by atoms with E-state index >= 15 is 0 Å². The fraction of sp³-hybridized carbons (Fsp3) is 0.250. The second-order valence-electron chi connectivity index (χ2n) is 8.69. The average molecular weight is 576 g/mol. The third-order valence-corrected chi connectivity index (χ3v) is 7.43. The van der Waals surface area contributed by atoms with Gasteiger partial charge in [0.15, 0.2) is 6.61 Å². The molecular formula is C28H25BrCl2O4. The maximum atomic E-state index is 11.3. The molecule has 35 heavy (non-hydrogen) atoms. The van der Waals surface area contributed by atoms with Crippen LogP contribution in [-0.4, -0.2) is 17.7 Å². The smallest absolute Gasteiger partial charge is 0.341 e. The molecule has 0 unspecified atom stereocenters. The molecule has 4 atom stereocenters. The van der Waals surface area contributed by atoms with Crippen LogP contribution >= 0.6 is 39.1 Å². The first kappa shape index (κ1) is 25.8. The quantitative estimate of drug-likeness (QED) is 0.287. The average Bonchev–Trinajstić information content (AvgIpc) is 2.83. The summed E-state index contributed by atoms with van der Waals surface area (Å²) in [5, 5.41) is 10.4. The Morgan fingerprint density at radius 1 is 1.09 bits per heavy atom. The van der Waals surface area contributed by atoms with Crippen LogP contribution in [0.5, 0.6) is 5.75 Å². The molecule has 3 aromatic rings. The molecule has 0 aliphatic carbocycles. The van der Waals surface area contributed by atoms with Gasteiger partial charge in [-0.3, -0.25) is 0 Å². The summed E-state index contributed by atoms with van der Waals surface area (Å²) in [6.45, 7) is 5.75. The molecule has 0 spiro atoms. The number of hydrogen-bond donors (Lipinski definition) is 1. The summed E-state index contributed by atoms with van der Waals surface area (Å²) in [5.74, 6) is -0.778. The van der Waals surface area contributed by atoms with Crippen molar-refractivity contribution in [3.8, 4) is 5.75 Å². The lowest BCUT2D eigenvalue weighted by molar-refractivity contribution is -0.139. The van der Waals surface area contributed by atoms with Crippen molar-refractivity contribution in [2.45, 2.75) is 31.5 Å². The second kappa shape index (κ2) is 11.2. The van der Waals surface area contributed by atoms with Gasteiger partial charge in [-0.2, -0.15) is 0 Å². The maximum absolute atomic E-state index is 11.3. The van der Waals surface area contributed by atoms with Crippen molar-refractivity contribution in [3.63, 3.8) is 0 Å². The second-order valence-corrected chi connectivity index (χ2v) is 10.4. The van der Waals surface area contributed by atoms with Gasteiger partial charge in [0.1, 0.15) is 5.75 Å². The number of benzene rings is 3. The number of carbonyl (C=O) groups is 1. The Balaban J connectivity index is 1.84. The standard InChI is InChI=1S/C28H25BrCl2O4/c1-16(2)20-14-21(19-10-6-7-11-24(19)31)26(17-8-4-3-5-9-17)35-27(20)22-12-18(30)13-23(29)28(22)34-15-25(32)33/h3-13,20-21,26-27H,1,14-15H2,2H3,(H,32,33)/t20-,21-,26+,27+/m1/s1. The van der Waals surface area contributed by atoms with Crippen LogP contribution in [-0.2, 0) is 9.53 Å². The van der Waals surface area contributed by atoms with Crippen molar-refractivity contribution in [1.29, 1.82) is 0 Å². The molecule has 0 radical (unpaired) electrons. The largest absolute Gasteiger partial charge is 0.480 e. The Hall–Kier alpha value is -2.31. The van der Waals surface area contributed by atoms with E-state index in [4.69, 9.17) is 32.7 Å². The fourth-order valence-electron chi connectivity index (χ4n) is 4.72. The van der Waals surface area contributed by atoms with Crippen LogP contribution in [0.15, 0.2) is 83.4 Å². The van der Waals surface area contributed by atoms with E-state index < -0.39 is 18.7 Å². The predicted octanol–water partition coefficient (Wildman–Crippen LogP) is 8.40. The van der Waals surface area contributed by atoms with Gasteiger partial charge in [-0.15, -0.1) is 0 Å². The van der Waals surface area contributed by atoms with Crippen molar-refractivity contribution >= 4 is 45.1 Å². The minimum absolute atomic E-state index is 0.0185. The molecule has 7 heteroatoms. The highest BCUT2D eigenvalue weighted by Gasteiger charge is 2.42. The lowest BCUT2D eigenvalue weighted by Gasteiger charge is -2.43. The van der Waals surface area contributed by atoms with Crippen LogP contribution in [0.25, 0.3) is 0 Å². The van der Waals surface area contributed by atoms with E-state index in [0.29, 0.717) is 25.8 Å². The Kier molecular flexibility index (Phi) is 8.23. The van der Waals surface area contributed by atoms with Gasteiger partial charge in [0, 0.05) is 27.4 Å².